The fourth-order valence-corrected chi connectivity index (χ4v) is 2.85. The lowest BCUT2D eigenvalue weighted by Crippen LogP contribution is -2.25. The van der Waals surface area contributed by atoms with Crippen molar-refractivity contribution < 1.29 is 4.74 Å². The molecule has 7 heteroatoms. The topological polar surface area (TPSA) is 76.4 Å². The highest BCUT2D eigenvalue weighted by Gasteiger charge is 2.14. The summed E-state index contributed by atoms with van der Waals surface area (Å²) >= 11 is 0. The Kier molecular flexibility index (Phi) is 4.00. The quantitative estimate of drug-likeness (QED) is 0.674. The molecular weight excluding hydrogens is 304 g/mol. The first-order chi connectivity index (χ1) is 11.8. The van der Waals surface area contributed by atoms with E-state index >= 15 is 0 Å². The first-order valence-electron chi connectivity index (χ1n) is 8.19. The smallest absolute Gasteiger partial charge is 0.243 e. The van der Waals surface area contributed by atoms with Crippen LogP contribution in [0.4, 0.5) is 5.95 Å². The molecule has 0 amide bonds. The van der Waals surface area contributed by atoms with Crippen LogP contribution in [-0.4, -0.2) is 39.3 Å². The van der Waals surface area contributed by atoms with Gasteiger partial charge in [0.2, 0.25) is 5.95 Å². The summed E-state index contributed by atoms with van der Waals surface area (Å²) in [6.45, 7) is 4.51. The molecule has 7 nitrogen and oxygen atoms in total. The number of anilines is 1. The Hall–Kier alpha value is -2.67. The summed E-state index contributed by atoms with van der Waals surface area (Å²) in [6, 6.07) is 6.75. The molecule has 0 spiro atoms. The van der Waals surface area contributed by atoms with E-state index in [4.69, 9.17) is 4.74 Å². The summed E-state index contributed by atoms with van der Waals surface area (Å²) in [4.78, 5) is 8.39. The van der Waals surface area contributed by atoms with Crippen LogP contribution in [0.5, 0.6) is 5.75 Å². The normalized spacial score (nSPS) is 14.4. The van der Waals surface area contributed by atoms with Gasteiger partial charge in [-0.05, 0) is 24.1 Å². The Morgan fingerprint density at radius 1 is 1.33 bits per heavy atom. The van der Waals surface area contributed by atoms with Crippen molar-refractivity contribution in [1.82, 2.24) is 24.9 Å². The number of aromatic nitrogens is 4. The monoisotopic (exact) mass is 324 g/mol. The average Bonchev–Trinajstić information content (AvgIpc) is 3.23. The molecule has 3 heterocycles. The number of fused-ring (bicyclic) bond motifs is 2. The molecule has 0 saturated heterocycles. The molecule has 0 bridgehead atoms. The minimum Gasteiger partial charge on any atom is -0.493 e. The SMILES string of the molecule is CC(NCCNc1nc2cnccn2n1)c1ccc2c(c1)OCC2. The molecule has 124 valence electrons. The lowest BCUT2D eigenvalue weighted by Gasteiger charge is -2.15. The molecule has 2 N–H and O–H groups in total. The molecule has 0 saturated carbocycles. The van der Waals surface area contributed by atoms with Gasteiger partial charge in [0.05, 0.1) is 12.8 Å². The molecule has 0 fully saturated rings. The van der Waals surface area contributed by atoms with Gasteiger partial charge >= 0.3 is 0 Å². The van der Waals surface area contributed by atoms with Crippen molar-refractivity contribution in [3.8, 4) is 5.75 Å². The molecule has 1 aliphatic rings. The second-order valence-electron chi connectivity index (χ2n) is 5.88. The molecule has 3 aromatic rings. The Balaban J connectivity index is 1.29. The van der Waals surface area contributed by atoms with Crippen LogP contribution in [0.3, 0.4) is 0 Å². The van der Waals surface area contributed by atoms with E-state index in [0.29, 0.717) is 5.95 Å². The van der Waals surface area contributed by atoms with E-state index in [-0.39, 0.29) is 6.04 Å². The van der Waals surface area contributed by atoms with Crippen molar-refractivity contribution in [3.63, 3.8) is 0 Å². The maximum Gasteiger partial charge on any atom is 0.243 e. The van der Waals surface area contributed by atoms with Crippen molar-refractivity contribution in [1.29, 1.82) is 0 Å². The van der Waals surface area contributed by atoms with Crippen LogP contribution in [0.25, 0.3) is 5.65 Å². The van der Waals surface area contributed by atoms with Crippen LogP contribution in [0.15, 0.2) is 36.8 Å². The minimum absolute atomic E-state index is 0.263. The van der Waals surface area contributed by atoms with Gasteiger partial charge in [-0.25, -0.2) is 4.52 Å². The van der Waals surface area contributed by atoms with Gasteiger partial charge in [0.25, 0.3) is 0 Å². The largest absolute Gasteiger partial charge is 0.493 e. The molecule has 4 rings (SSSR count). The van der Waals surface area contributed by atoms with Gasteiger partial charge in [-0.1, -0.05) is 12.1 Å². The molecule has 1 unspecified atom stereocenters. The summed E-state index contributed by atoms with van der Waals surface area (Å²) in [5.41, 5.74) is 3.28. The number of hydrogen-bond acceptors (Lipinski definition) is 6. The highest BCUT2D eigenvalue weighted by molar-refractivity contribution is 5.41. The van der Waals surface area contributed by atoms with Gasteiger partial charge in [0, 0.05) is 37.9 Å². The van der Waals surface area contributed by atoms with Crippen molar-refractivity contribution in [3.05, 3.63) is 47.9 Å². The average molecular weight is 324 g/mol. The predicted molar refractivity (Wildman–Crippen MR) is 91.3 cm³/mol. The number of rotatable bonds is 6. The highest BCUT2D eigenvalue weighted by atomic mass is 16.5. The second-order valence-corrected chi connectivity index (χ2v) is 5.88. The molecule has 24 heavy (non-hydrogen) atoms. The fraction of sp³-hybridized carbons (Fsp3) is 0.353. The van der Waals surface area contributed by atoms with E-state index in [1.54, 1.807) is 23.1 Å². The summed E-state index contributed by atoms with van der Waals surface area (Å²) in [5.74, 6) is 1.64. The molecular formula is C17H20N6O. The Bertz CT molecular complexity index is 813. The molecule has 2 aromatic heterocycles. The van der Waals surface area contributed by atoms with Crippen molar-refractivity contribution in [2.24, 2.45) is 0 Å². The van der Waals surface area contributed by atoms with E-state index < -0.39 is 0 Å². The highest BCUT2D eigenvalue weighted by Crippen LogP contribution is 2.28. The van der Waals surface area contributed by atoms with Crippen LogP contribution in [-0.2, 0) is 6.42 Å². The number of nitrogens with zero attached hydrogens (tertiary/aromatic N) is 4. The standard InChI is InChI=1S/C17H20N6O/c1-12(14-3-2-13-4-9-24-15(13)10-14)19-5-6-20-17-21-16-11-18-7-8-23(16)22-17/h2-3,7-8,10-12,19H,4-6,9H2,1H3,(H,20,22). The molecule has 1 aliphatic heterocycles. The number of benzene rings is 1. The summed E-state index contributed by atoms with van der Waals surface area (Å²) in [5, 5.41) is 11.1. The maximum atomic E-state index is 5.64. The minimum atomic E-state index is 0.263. The summed E-state index contributed by atoms with van der Waals surface area (Å²) in [6.07, 6.45) is 6.18. The Morgan fingerprint density at radius 2 is 2.29 bits per heavy atom. The second kappa shape index (κ2) is 6.45. The predicted octanol–water partition coefficient (Wildman–Crippen LogP) is 1.82. The molecule has 0 aliphatic carbocycles. The van der Waals surface area contributed by atoms with Gasteiger partial charge < -0.3 is 15.4 Å². The zero-order chi connectivity index (χ0) is 16.4. The third-order valence-electron chi connectivity index (χ3n) is 4.22. The van der Waals surface area contributed by atoms with E-state index in [2.05, 4.69) is 50.8 Å². The van der Waals surface area contributed by atoms with Gasteiger partial charge in [0.1, 0.15) is 5.75 Å². The zero-order valence-corrected chi connectivity index (χ0v) is 13.6. The van der Waals surface area contributed by atoms with Gasteiger partial charge in [-0.15, -0.1) is 5.10 Å². The van der Waals surface area contributed by atoms with Crippen molar-refractivity contribution in [2.45, 2.75) is 19.4 Å². The van der Waals surface area contributed by atoms with Crippen LogP contribution in [0.2, 0.25) is 0 Å². The summed E-state index contributed by atoms with van der Waals surface area (Å²) in [7, 11) is 0. The number of nitrogens with one attached hydrogen (secondary N) is 2. The Morgan fingerprint density at radius 3 is 3.21 bits per heavy atom. The summed E-state index contributed by atoms with van der Waals surface area (Å²) < 4.78 is 7.34. The van der Waals surface area contributed by atoms with Crippen LogP contribution in [0.1, 0.15) is 24.1 Å². The molecule has 1 aromatic carbocycles. The Labute approximate surface area is 140 Å². The molecule has 0 radical (unpaired) electrons. The lowest BCUT2D eigenvalue weighted by molar-refractivity contribution is 0.356. The third-order valence-corrected chi connectivity index (χ3v) is 4.22. The van der Waals surface area contributed by atoms with E-state index in [1.807, 2.05) is 0 Å². The van der Waals surface area contributed by atoms with Crippen molar-refractivity contribution in [2.75, 3.05) is 25.0 Å². The number of hydrogen-bond donors (Lipinski definition) is 2. The zero-order valence-electron chi connectivity index (χ0n) is 13.6. The maximum absolute atomic E-state index is 5.64. The van der Waals surface area contributed by atoms with Gasteiger partial charge in [-0.3, -0.25) is 4.98 Å². The lowest BCUT2D eigenvalue weighted by atomic mass is 10.0. The first kappa shape index (κ1) is 14.9. The van der Waals surface area contributed by atoms with Crippen LogP contribution in [0, 0.1) is 0 Å². The first-order valence-corrected chi connectivity index (χ1v) is 8.19. The van der Waals surface area contributed by atoms with E-state index in [9.17, 15) is 0 Å². The fourth-order valence-electron chi connectivity index (χ4n) is 2.85. The van der Waals surface area contributed by atoms with Crippen molar-refractivity contribution >= 4 is 11.6 Å². The van der Waals surface area contributed by atoms with E-state index in [0.717, 1.165) is 37.5 Å². The van der Waals surface area contributed by atoms with Crippen LogP contribution < -0.4 is 15.4 Å². The van der Waals surface area contributed by atoms with Gasteiger partial charge in [0.15, 0.2) is 5.65 Å². The van der Waals surface area contributed by atoms with E-state index in [1.165, 1.54) is 11.1 Å². The number of ether oxygens (including phenoxy) is 1. The van der Waals surface area contributed by atoms with Gasteiger partial charge in [-0.2, -0.15) is 4.98 Å². The van der Waals surface area contributed by atoms with Crippen LogP contribution >= 0.6 is 0 Å². The third kappa shape index (κ3) is 3.03. The molecule has 1 atom stereocenters.